The number of pyridine rings is 1. The Balaban J connectivity index is 1.59. The van der Waals surface area contributed by atoms with Crippen LogP contribution in [0.2, 0.25) is 0 Å². The monoisotopic (exact) mass is 374 g/mol. The molecule has 4 heterocycles. The summed E-state index contributed by atoms with van der Waals surface area (Å²) in [6, 6.07) is 9.27. The van der Waals surface area contributed by atoms with E-state index in [0.717, 1.165) is 35.1 Å². The van der Waals surface area contributed by atoms with Gasteiger partial charge in [0.05, 0.1) is 18.1 Å². The minimum atomic E-state index is -0.338. The number of carbonyl (C=O) groups is 1. The van der Waals surface area contributed by atoms with Crippen molar-refractivity contribution in [1.29, 1.82) is 0 Å². The summed E-state index contributed by atoms with van der Waals surface area (Å²) in [5, 5.41) is 1.90. The molecule has 3 N–H and O–H groups in total. The van der Waals surface area contributed by atoms with Crippen LogP contribution < -0.4 is 10.6 Å². The number of fused-ring (bicyclic) bond motifs is 4. The fourth-order valence-corrected chi connectivity index (χ4v) is 3.84. The summed E-state index contributed by atoms with van der Waals surface area (Å²) < 4.78 is 4.86. The molecule has 0 amide bonds. The third kappa shape index (κ3) is 2.53. The van der Waals surface area contributed by atoms with Crippen molar-refractivity contribution in [1.82, 2.24) is 19.9 Å². The number of nitrogens with one attached hydrogen (secondary N) is 1. The van der Waals surface area contributed by atoms with Gasteiger partial charge in [-0.15, -0.1) is 0 Å². The van der Waals surface area contributed by atoms with Crippen LogP contribution in [0.15, 0.2) is 36.7 Å². The number of aromatic nitrogens is 4. The van der Waals surface area contributed by atoms with Crippen molar-refractivity contribution in [3.05, 3.63) is 53.5 Å². The summed E-state index contributed by atoms with van der Waals surface area (Å²) >= 11 is 0. The van der Waals surface area contributed by atoms with E-state index in [1.807, 2.05) is 18.2 Å². The molecule has 0 unspecified atom stereocenters. The van der Waals surface area contributed by atoms with Crippen LogP contribution in [0, 0.1) is 0 Å². The number of hydrogen-bond acceptors (Lipinski definition) is 7. The number of anilines is 2. The van der Waals surface area contributed by atoms with Crippen LogP contribution in [-0.2, 0) is 17.7 Å². The molecule has 5 rings (SSSR count). The van der Waals surface area contributed by atoms with Gasteiger partial charge in [0.25, 0.3) is 0 Å². The van der Waals surface area contributed by atoms with Gasteiger partial charge >= 0.3 is 5.97 Å². The van der Waals surface area contributed by atoms with Gasteiger partial charge in [0.2, 0.25) is 0 Å². The Morgan fingerprint density at radius 1 is 1.21 bits per heavy atom. The zero-order chi connectivity index (χ0) is 19.3. The molecule has 140 valence electrons. The fourth-order valence-electron chi connectivity index (χ4n) is 3.84. The van der Waals surface area contributed by atoms with Crippen LogP contribution in [0.1, 0.15) is 21.6 Å². The van der Waals surface area contributed by atoms with Gasteiger partial charge in [-0.2, -0.15) is 0 Å². The number of carbonyl (C=O) groups excluding carboxylic acids is 1. The highest BCUT2D eigenvalue weighted by Crippen LogP contribution is 2.32. The first-order chi connectivity index (χ1) is 13.6. The topological polar surface area (TPSA) is 110 Å². The normalized spacial score (nSPS) is 13.7. The van der Waals surface area contributed by atoms with Gasteiger partial charge in [0.1, 0.15) is 18.0 Å². The molecule has 0 aliphatic carbocycles. The molecule has 8 nitrogen and oxygen atoms in total. The summed E-state index contributed by atoms with van der Waals surface area (Å²) in [7, 11) is 1.39. The van der Waals surface area contributed by atoms with Gasteiger partial charge in [0, 0.05) is 41.7 Å². The number of rotatable bonds is 2. The zero-order valence-corrected chi connectivity index (χ0v) is 15.3. The van der Waals surface area contributed by atoms with Crippen molar-refractivity contribution >= 4 is 39.5 Å². The summed E-state index contributed by atoms with van der Waals surface area (Å²) in [4.78, 5) is 30.7. The smallest absolute Gasteiger partial charge is 0.337 e. The second-order valence-corrected chi connectivity index (χ2v) is 6.81. The average Bonchev–Trinajstić information content (AvgIpc) is 3.09. The average molecular weight is 374 g/mol. The van der Waals surface area contributed by atoms with Crippen molar-refractivity contribution in [3.63, 3.8) is 0 Å². The van der Waals surface area contributed by atoms with E-state index in [1.165, 1.54) is 24.7 Å². The standard InChI is InChI=1S/C20H18N6O2/c1-28-20(27)11-2-4-15-13(8-11)14-9-26(7-6-16(14)24-15)19-12-3-5-17(21)25-18(12)22-10-23-19/h2-5,8,10,24H,6-7,9H2,1H3,(H2,21,22,23,25). The largest absolute Gasteiger partial charge is 0.465 e. The van der Waals surface area contributed by atoms with E-state index in [0.29, 0.717) is 23.6 Å². The number of hydrogen-bond donors (Lipinski definition) is 2. The molecule has 0 atom stereocenters. The summed E-state index contributed by atoms with van der Waals surface area (Å²) in [5.74, 6) is 0.932. The van der Waals surface area contributed by atoms with Crippen LogP contribution in [0.4, 0.5) is 11.6 Å². The van der Waals surface area contributed by atoms with Crippen LogP contribution in [0.5, 0.6) is 0 Å². The fraction of sp³-hybridized carbons (Fsp3) is 0.200. The minimum absolute atomic E-state index is 0.338. The summed E-state index contributed by atoms with van der Waals surface area (Å²) in [6.07, 6.45) is 2.37. The quantitative estimate of drug-likeness (QED) is 0.519. The lowest BCUT2D eigenvalue weighted by Crippen LogP contribution is -2.31. The molecule has 8 heteroatoms. The van der Waals surface area contributed by atoms with E-state index in [2.05, 4.69) is 24.8 Å². The van der Waals surface area contributed by atoms with Crippen LogP contribution in [0.3, 0.4) is 0 Å². The number of benzene rings is 1. The summed E-state index contributed by atoms with van der Waals surface area (Å²) in [6.45, 7) is 1.50. The second-order valence-electron chi connectivity index (χ2n) is 6.81. The maximum atomic E-state index is 11.9. The van der Waals surface area contributed by atoms with Gasteiger partial charge in [-0.3, -0.25) is 0 Å². The van der Waals surface area contributed by atoms with Crippen molar-refractivity contribution in [3.8, 4) is 0 Å². The predicted octanol–water partition coefficient (Wildman–Crippen LogP) is 2.44. The maximum absolute atomic E-state index is 11.9. The van der Waals surface area contributed by atoms with E-state index in [4.69, 9.17) is 10.5 Å². The molecule has 0 fully saturated rings. The molecule has 4 aromatic rings. The molecule has 0 bridgehead atoms. The van der Waals surface area contributed by atoms with Crippen LogP contribution in [0.25, 0.3) is 21.9 Å². The Morgan fingerprint density at radius 2 is 2.11 bits per heavy atom. The van der Waals surface area contributed by atoms with Crippen molar-refractivity contribution < 1.29 is 9.53 Å². The van der Waals surface area contributed by atoms with Crippen molar-refractivity contribution in [2.24, 2.45) is 0 Å². The lowest BCUT2D eigenvalue weighted by molar-refractivity contribution is 0.0601. The molecular weight excluding hydrogens is 356 g/mol. The van der Waals surface area contributed by atoms with Gasteiger partial charge in [-0.25, -0.2) is 19.7 Å². The molecule has 1 aliphatic rings. The Bertz CT molecular complexity index is 1230. The van der Waals surface area contributed by atoms with E-state index in [1.54, 1.807) is 12.1 Å². The SMILES string of the molecule is COC(=O)c1ccc2[nH]c3c(c2c1)CN(c1ncnc2nc(N)ccc12)CC3. The number of nitrogens with zero attached hydrogens (tertiary/aromatic N) is 4. The van der Waals surface area contributed by atoms with E-state index in [9.17, 15) is 4.79 Å². The Kier molecular flexibility index (Phi) is 3.65. The molecule has 1 aliphatic heterocycles. The third-order valence-electron chi connectivity index (χ3n) is 5.19. The van der Waals surface area contributed by atoms with Crippen LogP contribution in [-0.4, -0.2) is 39.6 Å². The third-order valence-corrected chi connectivity index (χ3v) is 5.19. The van der Waals surface area contributed by atoms with E-state index >= 15 is 0 Å². The molecule has 0 saturated carbocycles. The van der Waals surface area contributed by atoms with E-state index < -0.39 is 0 Å². The van der Waals surface area contributed by atoms with Crippen LogP contribution >= 0.6 is 0 Å². The van der Waals surface area contributed by atoms with Gasteiger partial charge < -0.3 is 20.4 Å². The number of methoxy groups -OCH3 is 1. The van der Waals surface area contributed by atoms with Crippen molar-refractivity contribution in [2.45, 2.75) is 13.0 Å². The molecule has 0 radical (unpaired) electrons. The maximum Gasteiger partial charge on any atom is 0.337 e. The number of nitrogens with two attached hydrogens (primary N) is 1. The van der Waals surface area contributed by atoms with Gasteiger partial charge in [-0.1, -0.05) is 0 Å². The van der Waals surface area contributed by atoms with Crippen molar-refractivity contribution in [2.75, 3.05) is 24.3 Å². The minimum Gasteiger partial charge on any atom is -0.465 e. The number of nitrogen functional groups attached to an aromatic ring is 1. The Hall–Kier alpha value is -3.68. The highest BCUT2D eigenvalue weighted by Gasteiger charge is 2.24. The Labute approximate surface area is 160 Å². The molecule has 1 aromatic carbocycles. The zero-order valence-electron chi connectivity index (χ0n) is 15.3. The number of esters is 1. The first-order valence-electron chi connectivity index (χ1n) is 8.98. The molecule has 3 aromatic heterocycles. The Morgan fingerprint density at radius 3 is 2.96 bits per heavy atom. The lowest BCUT2D eigenvalue weighted by Gasteiger charge is -2.28. The van der Waals surface area contributed by atoms with Gasteiger partial charge in [0.15, 0.2) is 5.65 Å². The highest BCUT2D eigenvalue weighted by molar-refractivity contribution is 5.96. The predicted molar refractivity (Wildman–Crippen MR) is 106 cm³/mol. The first-order valence-corrected chi connectivity index (χ1v) is 8.98. The molecule has 0 spiro atoms. The number of ether oxygens (including phenoxy) is 1. The van der Waals surface area contributed by atoms with E-state index in [-0.39, 0.29) is 5.97 Å². The molecule has 0 saturated heterocycles. The van der Waals surface area contributed by atoms with Gasteiger partial charge in [-0.05, 0) is 30.3 Å². The number of aromatic amines is 1. The first kappa shape index (κ1) is 16.5. The molecular formula is C20H18N6O2. The lowest BCUT2D eigenvalue weighted by atomic mass is 10.0. The second kappa shape index (κ2) is 6.19. The highest BCUT2D eigenvalue weighted by atomic mass is 16.5. The summed E-state index contributed by atoms with van der Waals surface area (Å²) in [5.41, 5.74) is 10.3. The molecule has 28 heavy (non-hydrogen) atoms. The number of H-pyrrole nitrogens is 1.